The van der Waals surface area contributed by atoms with Crippen LogP contribution in [0.4, 0.5) is 10.5 Å². The van der Waals surface area contributed by atoms with Crippen LogP contribution in [0.25, 0.3) is 0 Å². The molecule has 1 heterocycles. The summed E-state index contributed by atoms with van der Waals surface area (Å²) in [6.07, 6.45) is 4.78. The Morgan fingerprint density at radius 2 is 1.76 bits per heavy atom. The van der Waals surface area contributed by atoms with Crippen LogP contribution in [0.5, 0.6) is 0 Å². The minimum absolute atomic E-state index is 0.0965. The van der Waals surface area contributed by atoms with Crippen LogP contribution in [0.2, 0.25) is 0 Å². The van der Waals surface area contributed by atoms with Crippen LogP contribution in [0.3, 0.4) is 0 Å². The minimum Gasteiger partial charge on any atom is -0.368 e. The molecule has 0 aliphatic carbocycles. The van der Waals surface area contributed by atoms with Crippen LogP contribution in [0.15, 0.2) is 30.3 Å². The van der Waals surface area contributed by atoms with Gasteiger partial charge in [-0.25, -0.2) is 4.79 Å². The number of para-hydroxylation sites is 1. The molecule has 1 N–H and O–H groups in total. The lowest BCUT2D eigenvalue weighted by Crippen LogP contribution is -2.52. The normalized spacial score (nSPS) is 15.1. The Kier molecular flexibility index (Phi) is 6.38. The predicted octanol–water partition coefficient (Wildman–Crippen LogP) is 3.10. The maximum Gasteiger partial charge on any atom is 0.317 e. The zero-order chi connectivity index (χ0) is 14.9. The summed E-state index contributed by atoms with van der Waals surface area (Å²) in [4.78, 5) is 16.3. The molecule has 2 amide bonds. The van der Waals surface area contributed by atoms with Crippen LogP contribution >= 0.6 is 0 Å². The quantitative estimate of drug-likeness (QED) is 0.817. The van der Waals surface area contributed by atoms with Gasteiger partial charge in [-0.3, -0.25) is 0 Å². The van der Waals surface area contributed by atoms with Crippen molar-refractivity contribution in [1.29, 1.82) is 0 Å². The lowest BCUT2D eigenvalue weighted by molar-refractivity contribution is 0.194. The second-order valence-electron chi connectivity index (χ2n) is 5.60. The minimum atomic E-state index is 0.0965. The molecule has 0 bridgehead atoms. The monoisotopic (exact) mass is 289 g/mol. The molecular formula is C17H27N3O. The number of urea groups is 1. The third kappa shape index (κ3) is 4.96. The highest BCUT2D eigenvalue weighted by Gasteiger charge is 2.20. The lowest BCUT2D eigenvalue weighted by Gasteiger charge is -2.36. The Hall–Kier alpha value is -1.71. The first-order valence-corrected chi connectivity index (χ1v) is 8.14. The van der Waals surface area contributed by atoms with Crippen molar-refractivity contribution in [2.24, 2.45) is 0 Å². The molecule has 1 saturated heterocycles. The van der Waals surface area contributed by atoms with Crippen LogP contribution in [-0.4, -0.2) is 43.7 Å². The van der Waals surface area contributed by atoms with Gasteiger partial charge < -0.3 is 15.1 Å². The molecular weight excluding hydrogens is 262 g/mol. The van der Waals surface area contributed by atoms with Crippen molar-refractivity contribution in [3.63, 3.8) is 0 Å². The molecule has 1 aromatic rings. The molecule has 0 aromatic heterocycles. The number of hydrogen-bond acceptors (Lipinski definition) is 2. The highest BCUT2D eigenvalue weighted by Crippen LogP contribution is 2.15. The molecule has 1 aromatic carbocycles. The number of rotatable bonds is 6. The molecule has 0 unspecified atom stereocenters. The number of piperazine rings is 1. The Balaban J connectivity index is 1.67. The molecule has 1 fully saturated rings. The first kappa shape index (κ1) is 15.7. The van der Waals surface area contributed by atoms with Gasteiger partial charge in [0.05, 0.1) is 0 Å². The summed E-state index contributed by atoms with van der Waals surface area (Å²) in [6.45, 7) is 6.43. The summed E-state index contributed by atoms with van der Waals surface area (Å²) in [6, 6.07) is 10.5. The van der Waals surface area contributed by atoms with E-state index in [1.807, 2.05) is 11.0 Å². The highest BCUT2D eigenvalue weighted by atomic mass is 16.2. The summed E-state index contributed by atoms with van der Waals surface area (Å²) in [5.41, 5.74) is 1.25. The molecule has 0 atom stereocenters. The van der Waals surface area contributed by atoms with E-state index in [-0.39, 0.29) is 6.03 Å². The molecule has 1 aliphatic rings. The lowest BCUT2D eigenvalue weighted by atomic mass is 10.2. The molecule has 1 aliphatic heterocycles. The fourth-order valence-electron chi connectivity index (χ4n) is 2.67. The van der Waals surface area contributed by atoms with Gasteiger partial charge in [-0.05, 0) is 18.6 Å². The van der Waals surface area contributed by atoms with Crippen molar-refractivity contribution in [3.05, 3.63) is 30.3 Å². The van der Waals surface area contributed by atoms with Gasteiger partial charge in [-0.1, -0.05) is 44.4 Å². The number of unbranched alkanes of at least 4 members (excludes halogenated alkanes) is 3. The smallest absolute Gasteiger partial charge is 0.317 e. The topological polar surface area (TPSA) is 35.6 Å². The molecule has 0 spiro atoms. The summed E-state index contributed by atoms with van der Waals surface area (Å²) in [5.74, 6) is 0. The number of anilines is 1. The molecule has 4 nitrogen and oxygen atoms in total. The average molecular weight is 289 g/mol. The van der Waals surface area contributed by atoms with Gasteiger partial charge in [0.15, 0.2) is 0 Å². The van der Waals surface area contributed by atoms with E-state index in [2.05, 4.69) is 41.4 Å². The summed E-state index contributed by atoms with van der Waals surface area (Å²) in [5, 5.41) is 3.03. The van der Waals surface area contributed by atoms with Gasteiger partial charge in [-0.15, -0.1) is 0 Å². The van der Waals surface area contributed by atoms with Gasteiger partial charge in [0.1, 0.15) is 0 Å². The van der Waals surface area contributed by atoms with E-state index < -0.39 is 0 Å². The predicted molar refractivity (Wildman–Crippen MR) is 87.8 cm³/mol. The second-order valence-corrected chi connectivity index (χ2v) is 5.60. The van der Waals surface area contributed by atoms with E-state index in [0.29, 0.717) is 0 Å². The van der Waals surface area contributed by atoms with Gasteiger partial charge >= 0.3 is 6.03 Å². The largest absolute Gasteiger partial charge is 0.368 e. The Morgan fingerprint density at radius 3 is 2.43 bits per heavy atom. The van der Waals surface area contributed by atoms with E-state index in [9.17, 15) is 4.79 Å². The Labute approximate surface area is 128 Å². The van der Waals surface area contributed by atoms with Crippen LogP contribution in [-0.2, 0) is 0 Å². The number of nitrogens with one attached hydrogen (secondary N) is 1. The highest BCUT2D eigenvalue weighted by molar-refractivity contribution is 5.74. The first-order valence-electron chi connectivity index (χ1n) is 8.14. The van der Waals surface area contributed by atoms with Crippen LogP contribution in [0.1, 0.15) is 32.6 Å². The summed E-state index contributed by atoms with van der Waals surface area (Å²) in [7, 11) is 0. The molecule has 116 valence electrons. The van der Waals surface area contributed by atoms with Gasteiger partial charge in [0, 0.05) is 38.4 Å². The average Bonchev–Trinajstić information content (AvgIpc) is 2.55. The number of hydrogen-bond donors (Lipinski definition) is 1. The fourth-order valence-corrected chi connectivity index (χ4v) is 2.67. The number of carbonyl (C=O) groups is 1. The van der Waals surface area contributed by atoms with Crippen molar-refractivity contribution >= 4 is 11.7 Å². The second kappa shape index (κ2) is 8.55. The molecule has 2 rings (SSSR count). The van der Waals surface area contributed by atoms with E-state index >= 15 is 0 Å². The van der Waals surface area contributed by atoms with Crippen molar-refractivity contribution in [1.82, 2.24) is 10.2 Å². The van der Waals surface area contributed by atoms with Gasteiger partial charge in [0.2, 0.25) is 0 Å². The third-order valence-electron chi connectivity index (χ3n) is 3.99. The number of nitrogens with zero attached hydrogens (tertiary/aromatic N) is 2. The van der Waals surface area contributed by atoms with Crippen molar-refractivity contribution < 1.29 is 4.79 Å². The van der Waals surface area contributed by atoms with Crippen molar-refractivity contribution in [3.8, 4) is 0 Å². The maximum atomic E-state index is 12.1. The van der Waals surface area contributed by atoms with E-state index in [1.165, 1.54) is 24.9 Å². The SMILES string of the molecule is CCCCCCNC(=O)N1CCN(c2ccccc2)CC1. The number of carbonyl (C=O) groups excluding carboxylic acids is 1. The third-order valence-corrected chi connectivity index (χ3v) is 3.99. The van der Waals surface area contributed by atoms with E-state index in [4.69, 9.17) is 0 Å². The summed E-state index contributed by atoms with van der Waals surface area (Å²) < 4.78 is 0. The Bertz CT molecular complexity index is 413. The molecule has 0 saturated carbocycles. The fraction of sp³-hybridized carbons (Fsp3) is 0.588. The zero-order valence-corrected chi connectivity index (χ0v) is 13.1. The molecule has 21 heavy (non-hydrogen) atoms. The van der Waals surface area contributed by atoms with Gasteiger partial charge in [-0.2, -0.15) is 0 Å². The van der Waals surface area contributed by atoms with Gasteiger partial charge in [0.25, 0.3) is 0 Å². The Morgan fingerprint density at radius 1 is 1.05 bits per heavy atom. The maximum absolute atomic E-state index is 12.1. The van der Waals surface area contributed by atoms with E-state index in [0.717, 1.165) is 39.1 Å². The van der Waals surface area contributed by atoms with Crippen LogP contribution in [0, 0.1) is 0 Å². The first-order chi connectivity index (χ1) is 10.3. The number of benzene rings is 1. The van der Waals surface area contributed by atoms with Crippen LogP contribution < -0.4 is 10.2 Å². The van der Waals surface area contributed by atoms with Crippen molar-refractivity contribution in [2.45, 2.75) is 32.6 Å². The molecule has 0 radical (unpaired) electrons. The van der Waals surface area contributed by atoms with E-state index in [1.54, 1.807) is 0 Å². The standard InChI is InChI=1S/C17H27N3O/c1-2-3-4-8-11-18-17(21)20-14-12-19(13-15-20)16-9-6-5-7-10-16/h5-7,9-10H,2-4,8,11-15H2,1H3,(H,18,21). The van der Waals surface area contributed by atoms with Crippen molar-refractivity contribution in [2.75, 3.05) is 37.6 Å². The molecule has 4 heteroatoms. The zero-order valence-electron chi connectivity index (χ0n) is 13.1. The summed E-state index contributed by atoms with van der Waals surface area (Å²) >= 11 is 0. The number of amides is 2.